The molecule has 0 aliphatic heterocycles. The Bertz CT molecular complexity index is 344. The first kappa shape index (κ1) is 14.6. The number of benzene rings is 1. The largest absolute Gasteiger partial charge is 0.383 e. The first-order valence-corrected chi connectivity index (χ1v) is 6.69. The van der Waals surface area contributed by atoms with E-state index < -0.39 is 0 Å². The molecule has 0 aromatic heterocycles. The number of nitrogens with two attached hydrogens (primary N) is 1. The average Bonchev–Trinajstić information content (AvgIpc) is 2.36. The first-order valence-electron chi connectivity index (χ1n) is 5.90. The number of halogens is 1. The second kappa shape index (κ2) is 7.82. The van der Waals surface area contributed by atoms with E-state index in [0.717, 1.165) is 36.3 Å². The molecule has 96 valence electrons. The number of ether oxygens (including phenoxy) is 1. The van der Waals surface area contributed by atoms with Gasteiger partial charge in [0, 0.05) is 31.2 Å². The Labute approximate surface area is 112 Å². The van der Waals surface area contributed by atoms with E-state index in [0.29, 0.717) is 6.54 Å². The Hall–Kier alpha value is -0.420. The Morgan fingerprint density at radius 2 is 2.18 bits per heavy atom. The van der Waals surface area contributed by atoms with E-state index in [-0.39, 0.29) is 0 Å². The maximum Gasteiger partial charge on any atom is 0.0589 e. The highest BCUT2D eigenvalue weighted by Gasteiger charge is 2.06. The maximum atomic E-state index is 5.61. The second-order valence-electron chi connectivity index (χ2n) is 3.99. The summed E-state index contributed by atoms with van der Waals surface area (Å²) in [6.45, 7) is 6.43. The molecule has 0 amide bonds. The van der Waals surface area contributed by atoms with Crippen LogP contribution < -0.4 is 5.73 Å². The van der Waals surface area contributed by atoms with E-state index in [2.05, 4.69) is 46.0 Å². The van der Waals surface area contributed by atoms with E-state index in [1.54, 1.807) is 7.11 Å². The van der Waals surface area contributed by atoms with Crippen LogP contribution in [0.2, 0.25) is 0 Å². The molecule has 0 spiro atoms. The average molecular weight is 301 g/mol. The van der Waals surface area contributed by atoms with Crippen LogP contribution in [0.15, 0.2) is 22.7 Å². The van der Waals surface area contributed by atoms with Gasteiger partial charge in [-0.15, -0.1) is 0 Å². The van der Waals surface area contributed by atoms with Gasteiger partial charge in [-0.1, -0.05) is 35.0 Å². The normalized spacial score (nSPS) is 11.1. The van der Waals surface area contributed by atoms with Gasteiger partial charge in [-0.3, -0.25) is 4.90 Å². The molecule has 0 radical (unpaired) electrons. The lowest BCUT2D eigenvalue weighted by Gasteiger charge is -2.20. The molecule has 0 atom stereocenters. The smallest absolute Gasteiger partial charge is 0.0589 e. The third-order valence-corrected chi connectivity index (χ3v) is 3.54. The second-order valence-corrected chi connectivity index (χ2v) is 4.85. The minimum atomic E-state index is 0.583. The zero-order valence-corrected chi connectivity index (χ0v) is 12.2. The molecular weight excluding hydrogens is 280 g/mol. The van der Waals surface area contributed by atoms with Crippen LogP contribution in [0.4, 0.5) is 0 Å². The fraction of sp³-hybridized carbons (Fsp3) is 0.538. The number of likely N-dealkylation sites (N-methyl/N-ethyl adjacent to an activating group) is 1. The van der Waals surface area contributed by atoms with Gasteiger partial charge in [0.15, 0.2) is 0 Å². The van der Waals surface area contributed by atoms with Crippen molar-refractivity contribution in [1.82, 2.24) is 4.90 Å². The van der Waals surface area contributed by atoms with E-state index in [1.807, 2.05) is 0 Å². The lowest BCUT2D eigenvalue weighted by Crippen LogP contribution is -2.26. The SMILES string of the molecule is CCN(CCOC)Cc1ccc(CN)cc1Br. The molecule has 0 saturated carbocycles. The molecule has 0 saturated heterocycles. The van der Waals surface area contributed by atoms with Gasteiger partial charge < -0.3 is 10.5 Å². The van der Waals surface area contributed by atoms with E-state index in [9.17, 15) is 0 Å². The molecule has 0 aliphatic rings. The summed E-state index contributed by atoms with van der Waals surface area (Å²) in [6.07, 6.45) is 0. The van der Waals surface area contributed by atoms with Crippen LogP contribution in [0.1, 0.15) is 18.1 Å². The Morgan fingerprint density at radius 1 is 1.41 bits per heavy atom. The monoisotopic (exact) mass is 300 g/mol. The summed E-state index contributed by atoms with van der Waals surface area (Å²) < 4.78 is 6.24. The Kier molecular flexibility index (Phi) is 6.73. The van der Waals surface area contributed by atoms with Gasteiger partial charge in [0.25, 0.3) is 0 Å². The molecule has 0 heterocycles. The summed E-state index contributed by atoms with van der Waals surface area (Å²) in [5.41, 5.74) is 8.06. The zero-order valence-electron chi connectivity index (χ0n) is 10.6. The molecule has 1 aromatic rings. The van der Waals surface area contributed by atoms with Crippen molar-refractivity contribution >= 4 is 15.9 Å². The number of hydrogen-bond acceptors (Lipinski definition) is 3. The van der Waals surface area contributed by atoms with Gasteiger partial charge in [-0.05, 0) is 23.7 Å². The van der Waals surface area contributed by atoms with Gasteiger partial charge in [-0.2, -0.15) is 0 Å². The molecule has 4 heteroatoms. The van der Waals surface area contributed by atoms with Crippen LogP contribution >= 0.6 is 15.9 Å². The van der Waals surface area contributed by atoms with E-state index >= 15 is 0 Å². The molecule has 0 fully saturated rings. The van der Waals surface area contributed by atoms with Crippen molar-refractivity contribution in [3.63, 3.8) is 0 Å². The summed E-state index contributed by atoms with van der Waals surface area (Å²) in [6, 6.07) is 6.32. The molecule has 0 unspecified atom stereocenters. The minimum Gasteiger partial charge on any atom is -0.383 e. The number of hydrogen-bond donors (Lipinski definition) is 1. The zero-order chi connectivity index (χ0) is 12.7. The van der Waals surface area contributed by atoms with E-state index in [1.165, 1.54) is 5.56 Å². The fourth-order valence-corrected chi connectivity index (χ4v) is 2.21. The summed E-state index contributed by atoms with van der Waals surface area (Å²) in [5.74, 6) is 0. The highest BCUT2D eigenvalue weighted by Crippen LogP contribution is 2.20. The van der Waals surface area contributed by atoms with Crippen molar-refractivity contribution in [2.45, 2.75) is 20.0 Å². The molecule has 17 heavy (non-hydrogen) atoms. The van der Waals surface area contributed by atoms with Crippen molar-refractivity contribution in [2.24, 2.45) is 5.73 Å². The number of methoxy groups -OCH3 is 1. The maximum absolute atomic E-state index is 5.61. The van der Waals surface area contributed by atoms with Crippen LogP contribution in [0.3, 0.4) is 0 Å². The first-order chi connectivity index (χ1) is 8.21. The van der Waals surface area contributed by atoms with Crippen LogP contribution in [-0.4, -0.2) is 31.7 Å². The molecule has 1 aromatic carbocycles. The third kappa shape index (κ3) is 4.76. The van der Waals surface area contributed by atoms with Crippen molar-refractivity contribution in [3.05, 3.63) is 33.8 Å². The lowest BCUT2D eigenvalue weighted by molar-refractivity contribution is 0.147. The van der Waals surface area contributed by atoms with Crippen LogP contribution in [-0.2, 0) is 17.8 Å². The van der Waals surface area contributed by atoms with Gasteiger partial charge in [-0.25, -0.2) is 0 Å². The van der Waals surface area contributed by atoms with E-state index in [4.69, 9.17) is 10.5 Å². The predicted octanol–water partition coefficient (Wildman–Crippen LogP) is 2.38. The predicted molar refractivity (Wildman–Crippen MR) is 74.9 cm³/mol. The van der Waals surface area contributed by atoms with Crippen LogP contribution in [0.5, 0.6) is 0 Å². The molecule has 0 bridgehead atoms. The summed E-state index contributed by atoms with van der Waals surface area (Å²) >= 11 is 3.60. The quantitative estimate of drug-likeness (QED) is 0.840. The standard InChI is InChI=1S/C13H21BrN2O/c1-3-16(6-7-17-2)10-12-5-4-11(9-15)8-13(12)14/h4-5,8H,3,6-7,9-10,15H2,1-2H3. The van der Waals surface area contributed by atoms with Gasteiger partial charge in [0.05, 0.1) is 6.61 Å². The molecule has 2 N–H and O–H groups in total. The van der Waals surface area contributed by atoms with Gasteiger partial charge >= 0.3 is 0 Å². The minimum absolute atomic E-state index is 0.583. The summed E-state index contributed by atoms with van der Waals surface area (Å²) in [4.78, 5) is 2.35. The van der Waals surface area contributed by atoms with Gasteiger partial charge in [0.2, 0.25) is 0 Å². The summed E-state index contributed by atoms with van der Waals surface area (Å²) in [5, 5.41) is 0. The summed E-state index contributed by atoms with van der Waals surface area (Å²) in [7, 11) is 1.74. The molecule has 3 nitrogen and oxygen atoms in total. The topological polar surface area (TPSA) is 38.5 Å². The Balaban J connectivity index is 2.65. The fourth-order valence-electron chi connectivity index (χ4n) is 1.66. The number of rotatable bonds is 7. The Morgan fingerprint density at radius 3 is 2.71 bits per heavy atom. The van der Waals surface area contributed by atoms with Crippen LogP contribution in [0, 0.1) is 0 Å². The molecule has 1 rings (SSSR count). The highest BCUT2D eigenvalue weighted by molar-refractivity contribution is 9.10. The van der Waals surface area contributed by atoms with Crippen LogP contribution in [0.25, 0.3) is 0 Å². The molecule has 0 aliphatic carbocycles. The molecular formula is C13H21BrN2O. The van der Waals surface area contributed by atoms with Crippen molar-refractivity contribution in [3.8, 4) is 0 Å². The van der Waals surface area contributed by atoms with Crippen molar-refractivity contribution in [1.29, 1.82) is 0 Å². The van der Waals surface area contributed by atoms with Crippen molar-refractivity contribution < 1.29 is 4.74 Å². The van der Waals surface area contributed by atoms with Gasteiger partial charge in [0.1, 0.15) is 0 Å². The third-order valence-electron chi connectivity index (χ3n) is 2.81. The lowest BCUT2D eigenvalue weighted by atomic mass is 10.1. The highest BCUT2D eigenvalue weighted by atomic mass is 79.9. The number of nitrogens with zero attached hydrogens (tertiary/aromatic N) is 1. The van der Waals surface area contributed by atoms with Crippen molar-refractivity contribution in [2.75, 3.05) is 26.8 Å².